The highest BCUT2D eigenvalue weighted by atomic mass is 32.1. The summed E-state index contributed by atoms with van der Waals surface area (Å²) in [5.41, 5.74) is 9.27. The second-order valence-electron chi connectivity index (χ2n) is 14.3. The largest absolute Gasteiger partial charge is 0.283 e. The van der Waals surface area contributed by atoms with Crippen LogP contribution in [0.4, 0.5) is 0 Å². The Morgan fingerprint density at radius 2 is 0.930 bits per heavy atom. The fourth-order valence-corrected chi connectivity index (χ4v) is 9.43. The highest BCUT2D eigenvalue weighted by molar-refractivity contribution is 7.21. The lowest BCUT2D eigenvalue weighted by molar-refractivity contribution is 0.953. The molecule has 0 saturated heterocycles. The molecule has 4 aromatic heterocycles. The lowest BCUT2D eigenvalue weighted by Crippen LogP contribution is -2.07. The van der Waals surface area contributed by atoms with Crippen LogP contribution in [0.3, 0.4) is 0 Å². The van der Waals surface area contributed by atoms with Gasteiger partial charge in [-0.3, -0.25) is 9.13 Å². The van der Waals surface area contributed by atoms with Crippen molar-refractivity contribution in [1.29, 1.82) is 0 Å². The molecular weight excluding hydrogens is 717 g/mol. The van der Waals surface area contributed by atoms with Gasteiger partial charge >= 0.3 is 0 Å². The van der Waals surface area contributed by atoms with Crippen LogP contribution in [0.1, 0.15) is 0 Å². The van der Waals surface area contributed by atoms with E-state index in [1.54, 1.807) is 11.3 Å². The predicted molar refractivity (Wildman–Crippen MR) is 235 cm³/mol. The molecule has 4 heterocycles. The summed E-state index contributed by atoms with van der Waals surface area (Å²) in [4.78, 5) is 21.2. The SMILES string of the molecule is c1ccc(-c2cccc(-c3nc(-c4ccccc4)nc(-n4c5ccccc5c5ccc6c7ccccc7n(-c7nc8c(ccc9ccccc98)s7)c6c54)n3)c2)cc1. The van der Waals surface area contributed by atoms with Gasteiger partial charge in [0.25, 0.3) is 0 Å². The summed E-state index contributed by atoms with van der Waals surface area (Å²) in [6, 6.07) is 63.7. The first-order valence-electron chi connectivity index (χ1n) is 19.0. The summed E-state index contributed by atoms with van der Waals surface area (Å²) < 4.78 is 5.74. The maximum Gasteiger partial charge on any atom is 0.238 e. The second-order valence-corrected chi connectivity index (χ2v) is 15.3. The lowest BCUT2D eigenvalue weighted by atomic mass is 10.0. The van der Waals surface area contributed by atoms with E-state index in [0.717, 1.165) is 86.6 Å². The van der Waals surface area contributed by atoms with Gasteiger partial charge in [0.1, 0.15) is 0 Å². The van der Waals surface area contributed by atoms with E-state index < -0.39 is 0 Å². The molecule has 0 fully saturated rings. The minimum Gasteiger partial charge on any atom is -0.283 e. The molecule has 0 atom stereocenters. The fraction of sp³-hybridized carbons (Fsp3) is 0. The Morgan fingerprint density at radius 3 is 1.67 bits per heavy atom. The minimum absolute atomic E-state index is 0.551. The van der Waals surface area contributed by atoms with E-state index in [9.17, 15) is 0 Å². The van der Waals surface area contributed by atoms with Crippen LogP contribution in [0, 0.1) is 0 Å². The maximum atomic E-state index is 5.42. The van der Waals surface area contributed by atoms with Crippen LogP contribution in [0.25, 0.3) is 110 Å². The summed E-state index contributed by atoms with van der Waals surface area (Å²) in [6.45, 7) is 0. The van der Waals surface area contributed by atoms with E-state index in [4.69, 9.17) is 19.9 Å². The first-order valence-corrected chi connectivity index (χ1v) is 19.8. The normalized spacial score (nSPS) is 11.9. The molecule has 8 aromatic carbocycles. The van der Waals surface area contributed by atoms with Crippen LogP contribution in [0.15, 0.2) is 182 Å². The van der Waals surface area contributed by atoms with Crippen molar-refractivity contribution >= 4 is 75.9 Å². The van der Waals surface area contributed by atoms with Crippen LogP contribution >= 0.6 is 11.3 Å². The van der Waals surface area contributed by atoms with Crippen molar-refractivity contribution in [3.8, 4) is 45.0 Å². The van der Waals surface area contributed by atoms with Gasteiger partial charge in [-0.25, -0.2) is 9.97 Å². The number of rotatable bonds is 5. The van der Waals surface area contributed by atoms with Crippen LogP contribution < -0.4 is 0 Å². The molecular formula is C50H30N6S. The number of para-hydroxylation sites is 2. The lowest BCUT2D eigenvalue weighted by Gasteiger charge is -2.13. The number of fused-ring (bicyclic) bond motifs is 10. The molecule has 0 aliphatic heterocycles. The third kappa shape index (κ3) is 4.96. The van der Waals surface area contributed by atoms with Crippen molar-refractivity contribution in [2.24, 2.45) is 0 Å². The molecule has 0 spiro atoms. The molecule has 0 aliphatic carbocycles. The zero-order valence-corrected chi connectivity index (χ0v) is 31.2. The summed E-state index contributed by atoms with van der Waals surface area (Å²) >= 11 is 1.72. The standard InChI is InChI=1S/C50H30N6S/c1-3-14-31(15-4-1)34-19-13-20-35(30-34)48-52-47(33-17-5-2-6-18-33)53-49(54-48)55-41-24-11-9-22-37(41)39-27-28-40-38-23-10-12-25-42(38)56(46(40)45(39)55)50-51-44-36-21-8-7-16-32(36)26-29-43(44)57-50/h1-30H. The molecule has 0 radical (unpaired) electrons. The summed E-state index contributed by atoms with van der Waals surface area (Å²) in [6.07, 6.45) is 0. The van der Waals surface area contributed by atoms with Crippen LogP contribution in [0.2, 0.25) is 0 Å². The third-order valence-electron chi connectivity index (χ3n) is 11.0. The van der Waals surface area contributed by atoms with E-state index in [2.05, 4.69) is 167 Å². The van der Waals surface area contributed by atoms with Gasteiger partial charge in [0.05, 0.1) is 32.3 Å². The van der Waals surface area contributed by atoms with Gasteiger partial charge < -0.3 is 0 Å². The van der Waals surface area contributed by atoms with Crippen LogP contribution in [-0.2, 0) is 0 Å². The topological polar surface area (TPSA) is 61.4 Å². The molecule has 57 heavy (non-hydrogen) atoms. The van der Waals surface area contributed by atoms with E-state index in [1.165, 1.54) is 5.39 Å². The van der Waals surface area contributed by atoms with Crippen LogP contribution in [-0.4, -0.2) is 29.1 Å². The van der Waals surface area contributed by atoms with Gasteiger partial charge in [0, 0.05) is 38.1 Å². The fourth-order valence-electron chi connectivity index (χ4n) is 8.43. The number of thiazole rings is 1. The van der Waals surface area contributed by atoms with Gasteiger partial charge in [-0.2, -0.15) is 9.97 Å². The van der Waals surface area contributed by atoms with Crippen molar-refractivity contribution in [1.82, 2.24) is 29.1 Å². The van der Waals surface area contributed by atoms with Crippen molar-refractivity contribution in [2.45, 2.75) is 0 Å². The Kier molecular flexibility index (Phi) is 7.00. The molecule has 0 unspecified atom stereocenters. The quantitative estimate of drug-likeness (QED) is 0.176. The molecule has 12 aromatic rings. The molecule has 0 saturated carbocycles. The van der Waals surface area contributed by atoms with E-state index in [-0.39, 0.29) is 0 Å². The monoisotopic (exact) mass is 746 g/mol. The highest BCUT2D eigenvalue weighted by Crippen LogP contribution is 2.43. The zero-order valence-electron chi connectivity index (χ0n) is 30.4. The molecule has 0 bridgehead atoms. The van der Waals surface area contributed by atoms with Gasteiger partial charge in [0.15, 0.2) is 16.8 Å². The Morgan fingerprint density at radius 1 is 0.368 bits per heavy atom. The molecule has 6 nitrogen and oxygen atoms in total. The zero-order chi connectivity index (χ0) is 37.5. The van der Waals surface area contributed by atoms with Gasteiger partial charge in [-0.1, -0.05) is 169 Å². The number of hydrogen-bond donors (Lipinski definition) is 0. The molecule has 12 rings (SSSR count). The summed E-state index contributed by atoms with van der Waals surface area (Å²) in [7, 11) is 0. The Hall–Kier alpha value is -7.48. The molecule has 266 valence electrons. The average Bonchev–Trinajstić information content (AvgIpc) is 3.97. The molecule has 7 heteroatoms. The van der Waals surface area contributed by atoms with E-state index in [0.29, 0.717) is 17.6 Å². The smallest absolute Gasteiger partial charge is 0.238 e. The van der Waals surface area contributed by atoms with E-state index >= 15 is 0 Å². The van der Waals surface area contributed by atoms with Gasteiger partial charge in [-0.15, -0.1) is 0 Å². The van der Waals surface area contributed by atoms with Crippen molar-refractivity contribution < 1.29 is 0 Å². The second kappa shape index (κ2) is 12.5. The first-order chi connectivity index (χ1) is 28.3. The predicted octanol–water partition coefficient (Wildman–Crippen LogP) is 12.8. The summed E-state index contributed by atoms with van der Waals surface area (Å²) in [5, 5.41) is 7.78. The van der Waals surface area contributed by atoms with Crippen molar-refractivity contribution in [3.05, 3.63) is 182 Å². The highest BCUT2D eigenvalue weighted by Gasteiger charge is 2.24. The maximum absolute atomic E-state index is 5.42. The van der Waals surface area contributed by atoms with Crippen molar-refractivity contribution in [2.75, 3.05) is 0 Å². The van der Waals surface area contributed by atoms with Gasteiger partial charge in [0.2, 0.25) is 5.95 Å². The molecule has 0 aliphatic rings. The molecule has 0 amide bonds. The van der Waals surface area contributed by atoms with Crippen molar-refractivity contribution in [3.63, 3.8) is 0 Å². The van der Waals surface area contributed by atoms with E-state index in [1.807, 2.05) is 24.3 Å². The average molecular weight is 747 g/mol. The first kappa shape index (κ1) is 31.8. The number of nitrogens with zero attached hydrogens (tertiary/aromatic N) is 6. The Balaban J connectivity index is 1.20. The number of hydrogen-bond acceptors (Lipinski definition) is 5. The third-order valence-corrected chi connectivity index (χ3v) is 12.0. The Bertz CT molecular complexity index is 3530. The summed E-state index contributed by atoms with van der Waals surface area (Å²) in [5.74, 6) is 1.76. The number of benzene rings is 8. The Labute approximate surface area is 330 Å². The number of aromatic nitrogens is 6. The van der Waals surface area contributed by atoms with Gasteiger partial charge in [-0.05, 0) is 40.8 Å². The molecule has 0 N–H and O–H groups in total. The van der Waals surface area contributed by atoms with Crippen LogP contribution in [0.5, 0.6) is 0 Å². The minimum atomic E-state index is 0.551.